The van der Waals surface area contributed by atoms with Crippen molar-refractivity contribution >= 4 is 24.8 Å². The summed E-state index contributed by atoms with van der Waals surface area (Å²) in [6, 6.07) is 17.6. The van der Waals surface area contributed by atoms with Crippen molar-refractivity contribution < 1.29 is 9.47 Å². The van der Waals surface area contributed by atoms with Crippen LogP contribution in [0.2, 0.25) is 0 Å². The summed E-state index contributed by atoms with van der Waals surface area (Å²) in [6.45, 7) is 8.60. The molecule has 2 heterocycles. The number of hydrogen-bond acceptors (Lipinski definition) is 4. The van der Waals surface area contributed by atoms with Crippen LogP contribution in [0.15, 0.2) is 48.5 Å². The van der Waals surface area contributed by atoms with Crippen LogP contribution in [0, 0.1) is 0 Å². The first-order chi connectivity index (χ1) is 15.3. The zero-order valence-electron chi connectivity index (χ0n) is 19.5. The highest BCUT2D eigenvalue weighted by atomic mass is 35.5. The zero-order valence-corrected chi connectivity index (χ0v) is 21.1. The molecule has 1 saturated carbocycles. The van der Waals surface area contributed by atoms with E-state index in [0.29, 0.717) is 11.8 Å². The number of rotatable bonds is 10. The van der Waals surface area contributed by atoms with E-state index in [1.54, 1.807) is 0 Å². The molecule has 2 atom stereocenters. The summed E-state index contributed by atoms with van der Waals surface area (Å²) in [4.78, 5) is 4.99. The van der Waals surface area contributed by atoms with Gasteiger partial charge in [-0.3, -0.25) is 9.80 Å². The van der Waals surface area contributed by atoms with Gasteiger partial charge >= 0.3 is 0 Å². The average molecular weight is 494 g/mol. The molecule has 2 saturated heterocycles. The molecule has 2 aliphatic heterocycles. The Labute approximate surface area is 211 Å². The smallest absolute Gasteiger partial charge is 0.119 e. The fraction of sp³-hybridized carbons (Fsp3) is 0.556. The fourth-order valence-electron chi connectivity index (χ4n) is 5.15. The van der Waals surface area contributed by atoms with Crippen molar-refractivity contribution in [3.8, 4) is 11.5 Å². The molecule has 2 aromatic rings. The van der Waals surface area contributed by atoms with Gasteiger partial charge in [-0.15, -0.1) is 24.8 Å². The predicted molar refractivity (Wildman–Crippen MR) is 140 cm³/mol. The Hall–Kier alpha value is -1.46. The summed E-state index contributed by atoms with van der Waals surface area (Å²) in [5.74, 6) is 3.27. The van der Waals surface area contributed by atoms with E-state index in [4.69, 9.17) is 9.47 Å². The van der Waals surface area contributed by atoms with Crippen LogP contribution in [0.3, 0.4) is 0 Å². The van der Waals surface area contributed by atoms with Gasteiger partial charge in [0.1, 0.15) is 24.7 Å². The second-order valence-electron chi connectivity index (χ2n) is 9.38. The molecule has 33 heavy (non-hydrogen) atoms. The first kappa shape index (κ1) is 26.2. The number of hydrogen-bond donors (Lipinski definition) is 0. The van der Waals surface area contributed by atoms with Gasteiger partial charge in [0.15, 0.2) is 0 Å². The van der Waals surface area contributed by atoms with Crippen molar-refractivity contribution in [3.05, 3.63) is 59.7 Å². The van der Waals surface area contributed by atoms with Gasteiger partial charge in [0.05, 0.1) is 0 Å². The molecule has 0 bridgehead atoms. The Kier molecular flexibility index (Phi) is 10.2. The van der Waals surface area contributed by atoms with Crippen molar-refractivity contribution in [3.63, 3.8) is 0 Å². The first-order valence-corrected chi connectivity index (χ1v) is 12.3. The third-order valence-electron chi connectivity index (χ3n) is 7.16. The van der Waals surface area contributed by atoms with Crippen LogP contribution >= 0.6 is 24.8 Å². The van der Waals surface area contributed by atoms with Gasteiger partial charge in [-0.05, 0) is 106 Å². The maximum atomic E-state index is 5.95. The van der Waals surface area contributed by atoms with E-state index < -0.39 is 0 Å². The number of ether oxygens (including phenoxy) is 2. The highest BCUT2D eigenvalue weighted by molar-refractivity contribution is 5.85. The van der Waals surface area contributed by atoms with E-state index in [9.17, 15) is 0 Å². The topological polar surface area (TPSA) is 24.9 Å². The number of halogens is 2. The molecule has 0 N–H and O–H groups in total. The minimum Gasteiger partial charge on any atom is -0.492 e. The summed E-state index contributed by atoms with van der Waals surface area (Å²) in [5.41, 5.74) is 2.87. The molecule has 0 radical (unpaired) electrons. The summed E-state index contributed by atoms with van der Waals surface area (Å²) >= 11 is 0. The second kappa shape index (κ2) is 12.9. The van der Waals surface area contributed by atoms with E-state index in [0.717, 1.165) is 37.8 Å². The Morgan fingerprint density at radius 1 is 0.576 bits per heavy atom. The molecule has 2 unspecified atom stereocenters. The van der Waals surface area contributed by atoms with Crippen LogP contribution in [0.1, 0.15) is 55.1 Å². The minimum absolute atomic E-state index is 0. The second-order valence-corrected chi connectivity index (χ2v) is 9.38. The molecule has 182 valence electrons. The summed E-state index contributed by atoms with van der Waals surface area (Å²) < 4.78 is 11.9. The third kappa shape index (κ3) is 7.26. The average Bonchev–Trinajstić information content (AvgIpc) is 3.15. The van der Waals surface area contributed by atoms with Gasteiger partial charge < -0.3 is 9.47 Å². The standard InChI is InChI=1S/C27H36N2O2.2ClH/c1-2-14-28(13-1)17-19-30-24-9-5-22(6-10-24)26-21-27(26)23-7-11-25(12-8-23)31-20-18-29-15-3-4-16-29;;/h5-12,26-27H,1-4,13-21H2;2*1H. The van der Waals surface area contributed by atoms with Crippen LogP contribution in [0.25, 0.3) is 0 Å². The summed E-state index contributed by atoms with van der Waals surface area (Å²) in [7, 11) is 0. The van der Waals surface area contributed by atoms with Crippen molar-refractivity contribution in [1.29, 1.82) is 0 Å². The lowest BCUT2D eigenvalue weighted by molar-refractivity contribution is 0.237. The molecular formula is C27H38Cl2N2O2. The van der Waals surface area contributed by atoms with E-state index in [2.05, 4.69) is 58.3 Å². The quantitative estimate of drug-likeness (QED) is 0.421. The van der Waals surface area contributed by atoms with Crippen LogP contribution in [0.4, 0.5) is 0 Å². The summed E-state index contributed by atoms with van der Waals surface area (Å²) in [6.07, 6.45) is 6.60. The van der Waals surface area contributed by atoms with Crippen molar-refractivity contribution in [2.45, 2.75) is 43.9 Å². The van der Waals surface area contributed by atoms with Gasteiger partial charge in [-0.2, -0.15) is 0 Å². The number of benzene rings is 2. The molecule has 4 nitrogen and oxygen atoms in total. The van der Waals surface area contributed by atoms with Gasteiger partial charge in [-0.25, -0.2) is 0 Å². The van der Waals surface area contributed by atoms with Gasteiger partial charge in [0.25, 0.3) is 0 Å². The van der Waals surface area contributed by atoms with Crippen LogP contribution in [0.5, 0.6) is 11.5 Å². The molecule has 5 rings (SSSR count). The highest BCUT2D eigenvalue weighted by Gasteiger charge is 2.39. The molecular weight excluding hydrogens is 455 g/mol. The molecule has 0 spiro atoms. The lowest BCUT2D eigenvalue weighted by Gasteiger charge is -2.15. The lowest BCUT2D eigenvalue weighted by Crippen LogP contribution is -2.25. The van der Waals surface area contributed by atoms with E-state index >= 15 is 0 Å². The van der Waals surface area contributed by atoms with E-state index in [-0.39, 0.29) is 24.8 Å². The molecule has 1 aliphatic carbocycles. The molecule has 6 heteroatoms. The van der Waals surface area contributed by atoms with Crippen LogP contribution in [-0.2, 0) is 0 Å². The normalized spacial score (nSPS) is 22.4. The van der Waals surface area contributed by atoms with E-state index in [1.165, 1.54) is 69.4 Å². The molecule has 0 amide bonds. The van der Waals surface area contributed by atoms with Gasteiger partial charge in [0, 0.05) is 13.1 Å². The lowest BCUT2D eigenvalue weighted by atomic mass is 10.0. The summed E-state index contributed by atoms with van der Waals surface area (Å²) in [5, 5.41) is 0. The van der Waals surface area contributed by atoms with E-state index in [1.807, 2.05) is 0 Å². The fourth-order valence-corrected chi connectivity index (χ4v) is 5.15. The molecule has 0 aromatic heterocycles. The Bertz CT molecular complexity index is 750. The molecule has 3 fully saturated rings. The van der Waals surface area contributed by atoms with Crippen molar-refractivity contribution in [2.24, 2.45) is 0 Å². The third-order valence-corrected chi connectivity index (χ3v) is 7.16. The van der Waals surface area contributed by atoms with Crippen molar-refractivity contribution in [1.82, 2.24) is 9.80 Å². The van der Waals surface area contributed by atoms with Crippen LogP contribution in [-0.4, -0.2) is 62.3 Å². The Morgan fingerprint density at radius 3 is 1.30 bits per heavy atom. The SMILES string of the molecule is Cl.Cl.c1cc(C2CC2c2ccc(OCCN3CCCC3)cc2)ccc1OCCN1CCCC1. The van der Waals surface area contributed by atoms with Gasteiger partial charge in [0.2, 0.25) is 0 Å². The maximum absolute atomic E-state index is 5.95. The molecule has 3 aliphatic rings. The maximum Gasteiger partial charge on any atom is 0.119 e. The number of likely N-dealkylation sites (tertiary alicyclic amines) is 2. The minimum atomic E-state index is 0. The van der Waals surface area contributed by atoms with Crippen LogP contribution < -0.4 is 9.47 Å². The monoisotopic (exact) mass is 492 g/mol. The van der Waals surface area contributed by atoms with Gasteiger partial charge in [-0.1, -0.05) is 24.3 Å². The Balaban J connectivity index is 0.00000153. The highest BCUT2D eigenvalue weighted by Crippen LogP contribution is 2.54. The molecule has 2 aromatic carbocycles. The first-order valence-electron chi connectivity index (χ1n) is 12.3. The van der Waals surface area contributed by atoms with Crippen molar-refractivity contribution in [2.75, 3.05) is 52.5 Å². The zero-order chi connectivity index (χ0) is 20.9. The largest absolute Gasteiger partial charge is 0.492 e. The Morgan fingerprint density at radius 2 is 0.939 bits per heavy atom. The predicted octanol–water partition coefficient (Wildman–Crippen LogP) is 5.75. The number of nitrogens with zero attached hydrogens (tertiary/aromatic N) is 2.